The summed E-state index contributed by atoms with van der Waals surface area (Å²) in [5.74, 6) is 1.64. The van der Waals surface area contributed by atoms with Crippen LogP contribution in [0.3, 0.4) is 0 Å². The van der Waals surface area contributed by atoms with Crippen molar-refractivity contribution < 1.29 is 10.2 Å². The normalized spacial score (nSPS) is 11.7. The zero-order valence-electron chi connectivity index (χ0n) is 19.7. The molecular weight excluding hydrogens is 368 g/mol. The molecule has 0 aliphatic heterocycles. The molecule has 0 heterocycles. The second kappa shape index (κ2) is 12.0. The number of hydrogen-bond donors (Lipinski definition) is 2. The van der Waals surface area contributed by atoms with Crippen molar-refractivity contribution in [2.24, 2.45) is 0 Å². The fourth-order valence-electron chi connectivity index (χ4n) is 4.34. The molecule has 2 N–H and O–H groups in total. The number of phenols is 2. The fourth-order valence-corrected chi connectivity index (χ4v) is 4.34. The molecule has 0 aromatic heterocycles. The van der Waals surface area contributed by atoms with Gasteiger partial charge in [-0.25, -0.2) is 0 Å². The van der Waals surface area contributed by atoms with Crippen LogP contribution in [0.5, 0.6) is 11.5 Å². The Morgan fingerprint density at radius 2 is 1.07 bits per heavy atom. The van der Waals surface area contributed by atoms with Crippen LogP contribution in [-0.2, 0) is 0 Å². The van der Waals surface area contributed by atoms with E-state index in [1.807, 2.05) is 12.1 Å². The van der Waals surface area contributed by atoms with Gasteiger partial charge in [-0.05, 0) is 52.6 Å². The van der Waals surface area contributed by atoms with E-state index in [-0.39, 0.29) is 17.8 Å². The van der Waals surface area contributed by atoms with E-state index in [1.165, 1.54) is 56.1 Å². The summed E-state index contributed by atoms with van der Waals surface area (Å²) >= 11 is 0. The van der Waals surface area contributed by atoms with Crippen molar-refractivity contribution in [3.63, 3.8) is 0 Å². The summed E-state index contributed by atoms with van der Waals surface area (Å²) in [7, 11) is 0. The highest BCUT2D eigenvalue weighted by atomic mass is 16.3. The molecule has 0 bridgehead atoms. The van der Waals surface area contributed by atoms with Crippen LogP contribution in [-0.4, -0.2) is 10.2 Å². The fraction of sp³-hybridized carbons (Fsp3) is 0.571. The Kier molecular flexibility index (Phi) is 9.75. The van der Waals surface area contributed by atoms with Crippen LogP contribution < -0.4 is 0 Å². The Labute approximate surface area is 184 Å². The van der Waals surface area contributed by atoms with Crippen molar-refractivity contribution in [2.75, 3.05) is 0 Å². The molecule has 0 aliphatic carbocycles. The highest BCUT2D eigenvalue weighted by molar-refractivity contribution is 5.45. The van der Waals surface area contributed by atoms with Gasteiger partial charge in [0.05, 0.1) is 0 Å². The Morgan fingerprint density at radius 1 is 0.633 bits per heavy atom. The van der Waals surface area contributed by atoms with Gasteiger partial charge in [-0.2, -0.15) is 0 Å². The number of unbranched alkanes of at least 4 members (excludes halogenated alkanes) is 6. The Morgan fingerprint density at radius 3 is 1.50 bits per heavy atom. The summed E-state index contributed by atoms with van der Waals surface area (Å²) in [6.07, 6.45) is 10.2. The van der Waals surface area contributed by atoms with Gasteiger partial charge >= 0.3 is 0 Å². The van der Waals surface area contributed by atoms with Gasteiger partial charge in [0.25, 0.3) is 0 Å². The summed E-state index contributed by atoms with van der Waals surface area (Å²) in [5.41, 5.74) is 4.56. The standard InChI is InChI=1S/C28H42O2/c1-6-7-8-9-10-11-12-13-24(22-14-16-27(29)25(18-22)20(2)3)23-15-17-28(30)26(19-23)21(4)5/h14-21,24,29-30H,6-13H2,1-5H3. The number of hydrogen-bond acceptors (Lipinski definition) is 2. The van der Waals surface area contributed by atoms with E-state index in [4.69, 9.17) is 0 Å². The van der Waals surface area contributed by atoms with E-state index in [0.717, 1.165) is 17.5 Å². The molecule has 0 fully saturated rings. The van der Waals surface area contributed by atoms with Gasteiger partial charge in [-0.15, -0.1) is 0 Å². The minimum atomic E-state index is 0.287. The second-order valence-electron chi connectivity index (χ2n) is 9.41. The smallest absolute Gasteiger partial charge is 0.119 e. The van der Waals surface area contributed by atoms with Gasteiger partial charge in [-0.1, -0.05) is 104 Å². The van der Waals surface area contributed by atoms with E-state index in [0.29, 0.717) is 11.5 Å². The van der Waals surface area contributed by atoms with Gasteiger partial charge in [-0.3, -0.25) is 0 Å². The van der Waals surface area contributed by atoms with Crippen LogP contribution in [0.15, 0.2) is 36.4 Å². The van der Waals surface area contributed by atoms with Gasteiger partial charge in [0, 0.05) is 5.92 Å². The third-order valence-electron chi connectivity index (χ3n) is 6.25. The highest BCUT2D eigenvalue weighted by Gasteiger charge is 2.19. The van der Waals surface area contributed by atoms with Crippen molar-refractivity contribution in [3.8, 4) is 11.5 Å². The van der Waals surface area contributed by atoms with E-state index in [9.17, 15) is 10.2 Å². The van der Waals surface area contributed by atoms with E-state index in [2.05, 4.69) is 58.9 Å². The van der Waals surface area contributed by atoms with Crippen molar-refractivity contribution >= 4 is 0 Å². The number of rotatable bonds is 12. The highest BCUT2D eigenvalue weighted by Crippen LogP contribution is 2.37. The van der Waals surface area contributed by atoms with Crippen LogP contribution in [0.25, 0.3) is 0 Å². The molecule has 0 saturated carbocycles. The topological polar surface area (TPSA) is 40.5 Å². The van der Waals surface area contributed by atoms with E-state index in [1.54, 1.807) is 0 Å². The number of benzene rings is 2. The predicted molar refractivity (Wildman–Crippen MR) is 129 cm³/mol. The third-order valence-corrected chi connectivity index (χ3v) is 6.25. The van der Waals surface area contributed by atoms with Crippen LogP contribution in [0.2, 0.25) is 0 Å². The Balaban J connectivity index is 2.25. The zero-order valence-corrected chi connectivity index (χ0v) is 19.7. The second-order valence-corrected chi connectivity index (χ2v) is 9.41. The first-order valence-corrected chi connectivity index (χ1v) is 12.0. The first-order valence-electron chi connectivity index (χ1n) is 12.0. The molecule has 0 aliphatic rings. The van der Waals surface area contributed by atoms with Gasteiger partial charge in [0.1, 0.15) is 11.5 Å². The monoisotopic (exact) mass is 410 g/mol. The molecule has 2 heteroatoms. The van der Waals surface area contributed by atoms with E-state index >= 15 is 0 Å². The van der Waals surface area contributed by atoms with Gasteiger partial charge < -0.3 is 10.2 Å². The maximum Gasteiger partial charge on any atom is 0.119 e. The predicted octanol–water partition coefficient (Wildman–Crippen LogP) is 8.62. The summed E-state index contributed by atoms with van der Waals surface area (Å²) in [6, 6.07) is 12.2. The SMILES string of the molecule is CCCCCCCCCC(c1ccc(O)c(C(C)C)c1)c1ccc(O)c(C(C)C)c1. The van der Waals surface area contributed by atoms with Gasteiger partial charge in [0.2, 0.25) is 0 Å². The third kappa shape index (κ3) is 6.79. The minimum absolute atomic E-state index is 0.287. The molecule has 0 radical (unpaired) electrons. The molecule has 0 spiro atoms. The maximum atomic E-state index is 10.3. The molecule has 2 nitrogen and oxygen atoms in total. The molecule has 0 atom stereocenters. The molecule has 2 aromatic carbocycles. The lowest BCUT2D eigenvalue weighted by molar-refractivity contribution is 0.463. The largest absolute Gasteiger partial charge is 0.508 e. The molecule has 0 amide bonds. The molecule has 0 unspecified atom stereocenters. The maximum absolute atomic E-state index is 10.3. The number of phenolic OH excluding ortho intramolecular Hbond substituents is 2. The summed E-state index contributed by atoms with van der Waals surface area (Å²) < 4.78 is 0. The van der Waals surface area contributed by atoms with Crippen LogP contribution in [0, 0.1) is 0 Å². The van der Waals surface area contributed by atoms with Crippen molar-refractivity contribution in [3.05, 3.63) is 58.7 Å². The average molecular weight is 411 g/mol. The zero-order chi connectivity index (χ0) is 22.1. The first-order chi connectivity index (χ1) is 14.3. The first kappa shape index (κ1) is 24.3. The quantitative estimate of drug-likeness (QED) is 0.344. The minimum Gasteiger partial charge on any atom is -0.508 e. The molecule has 2 rings (SSSR count). The Bertz CT molecular complexity index is 719. The van der Waals surface area contributed by atoms with Crippen LogP contribution in [0.4, 0.5) is 0 Å². The average Bonchev–Trinajstić information content (AvgIpc) is 2.71. The van der Waals surface area contributed by atoms with Crippen molar-refractivity contribution in [2.45, 2.75) is 104 Å². The summed E-state index contributed by atoms with van der Waals surface area (Å²) in [4.78, 5) is 0. The number of aromatic hydroxyl groups is 2. The van der Waals surface area contributed by atoms with Crippen LogP contribution >= 0.6 is 0 Å². The molecular formula is C28H42O2. The molecule has 30 heavy (non-hydrogen) atoms. The van der Waals surface area contributed by atoms with Crippen LogP contribution in [0.1, 0.15) is 126 Å². The van der Waals surface area contributed by atoms with Gasteiger partial charge in [0.15, 0.2) is 0 Å². The molecule has 166 valence electrons. The molecule has 0 saturated heterocycles. The lowest BCUT2D eigenvalue weighted by atomic mass is 9.83. The lowest BCUT2D eigenvalue weighted by Gasteiger charge is -2.22. The summed E-state index contributed by atoms with van der Waals surface area (Å²) in [6.45, 7) is 10.8. The van der Waals surface area contributed by atoms with Crippen molar-refractivity contribution in [1.29, 1.82) is 0 Å². The molecule has 2 aromatic rings. The van der Waals surface area contributed by atoms with E-state index < -0.39 is 0 Å². The van der Waals surface area contributed by atoms with Crippen molar-refractivity contribution in [1.82, 2.24) is 0 Å². The lowest BCUT2D eigenvalue weighted by Crippen LogP contribution is -2.04. The Hall–Kier alpha value is -1.96. The summed E-state index contributed by atoms with van der Waals surface area (Å²) in [5, 5.41) is 20.6.